The number of para-hydroxylation sites is 1. The minimum absolute atomic E-state index is 0.130. The summed E-state index contributed by atoms with van der Waals surface area (Å²) < 4.78 is 1.31. The number of hydrogen-bond acceptors (Lipinski definition) is 7. The average molecular weight is 345 g/mol. The Morgan fingerprint density at radius 2 is 2.00 bits per heavy atom. The van der Waals surface area contributed by atoms with E-state index < -0.39 is 0 Å². The normalized spacial score (nSPS) is 13.8. The number of hydrazone groups is 1. The molecule has 8 nitrogen and oxygen atoms in total. The summed E-state index contributed by atoms with van der Waals surface area (Å²) in [6, 6.07) is 9.29. The summed E-state index contributed by atoms with van der Waals surface area (Å²) in [6.45, 7) is 0. The Balaban J connectivity index is 1.52. The Morgan fingerprint density at radius 3 is 2.75 bits per heavy atom. The van der Waals surface area contributed by atoms with Gasteiger partial charge in [-0.1, -0.05) is 30.0 Å². The number of aromatic nitrogens is 3. The molecule has 0 aliphatic heterocycles. The van der Waals surface area contributed by atoms with Crippen LogP contribution in [0, 0.1) is 0 Å². The van der Waals surface area contributed by atoms with Gasteiger partial charge in [0.15, 0.2) is 0 Å². The van der Waals surface area contributed by atoms with Crippen LogP contribution in [0.5, 0.6) is 0 Å². The van der Waals surface area contributed by atoms with Crippen LogP contribution in [0.15, 0.2) is 40.6 Å². The fourth-order valence-corrected chi connectivity index (χ4v) is 2.98. The fourth-order valence-electron chi connectivity index (χ4n) is 2.32. The van der Waals surface area contributed by atoms with Crippen molar-refractivity contribution in [3.63, 3.8) is 0 Å². The van der Waals surface area contributed by atoms with Crippen molar-refractivity contribution >= 4 is 35.0 Å². The van der Waals surface area contributed by atoms with Crippen LogP contribution >= 0.6 is 11.8 Å². The molecule has 2 aromatic rings. The van der Waals surface area contributed by atoms with E-state index in [0.717, 1.165) is 24.2 Å². The van der Waals surface area contributed by atoms with Crippen molar-refractivity contribution in [3.8, 4) is 0 Å². The highest BCUT2D eigenvalue weighted by Crippen LogP contribution is 2.18. The van der Waals surface area contributed by atoms with Crippen LogP contribution in [-0.2, 0) is 4.79 Å². The molecule has 9 heteroatoms. The molecular weight excluding hydrogens is 326 g/mol. The molecule has 1 aliphatic rings. The molecule has 0 unspecified atom stereocenters. The van der Waals surface area contributed by atoms with Gasteiger partial charge in [0, 0.05) is 11.4 Å². The van der Waals surface area contributed by atoms with Crippen molar-refractivity contribution in [2.24, 2.45) is 5.10 Å². The van der Waals surface area contributed by atoms with Gasteiger partial charge in [0.1, 0.15) is 0 Å². The SMILES string of the molecule is Nn1c(NN=C2CCCC2)nnc1SCC(=O)Nc1ccccc1. The Kier molecular flexibility index (Phi) is 5.32. The molecule has 0 spiro atoms. The highest BCUT2D eigenvalue weighted by molar-refractivity contribution is 7.99. The van der Waals surface area contributed by atoms with E-state index in [1.54, 1.807) is 0 Å². The van der Waals surface area contributed by atoms with E-state index in [9.17, 15) is 4.79 Å². The van der Waals surface area contributed by atoms with Crippen LogP contribution in [0.1, 0.15) is 25.7 Å². The van der Waals surface area contributed by atoms with E-state index in [4.69, 9.17) is 5.84 Å². The Hall–Kier alpha value is -2.55. The molecule has 1 fully saturated rings. The van der Waals surface area contributed by atoms with Crippen molar-refractivity contribution in [2.45, 2.75) is 30.8 Å². The number of nitrogens with zero attached hydrogens (tertiary/aromatic N) is 4. The number of carbonyl (C=O) groups is 1. The van der Waals surface area contributed by atoms with E-state index >= 15 is 0 Å². The van der Waals surface area contributed by atoms with E-state index in [-0.39, 0.29) is 11.7 Å². The molecule has 0 bridgehead atoms. The maximum atomic E-state index is 11.9. The number of benzene rings is 1. The van der Waals surface area contributed by atoms with Gasteiger partial charge in [-0.2, -0.15) is 5.10 Å². The molecule has 0 saturated heterocycles. The standard InChI is InChI=1S/C15H19N7OS/c16-22-14(19-18-12-8-4-5-9-12)20-21-15(22)24-10-13(23)17-11-6-2-1-3-7-11/h1-3,6-7H,4-5,8-10,16H2,(H,17,23)(H,19,20). The summed E-state index contributed by atoms with van der Waals surface area (Å²) in [4.78, 5) is 11.9. The lowest BCUT2D eigenvalue weighted by atomic mass is 10.3. The predicted molar refractivity (Wildman–Crippen MR) is 95.5 cm³/mol. The molecule has 3 rings (SSSR count). The summed E-state index contributed by atoms with van der Waals surface area (Å²) in [7, 11) is 0. The summed E-state index contributed by atoms with van der Waals surface area (Å²) in [5, 5.41) is 15.5. The Morgan fingerprint density at radius 1 is 1.25 bits per heavy atom. The lowest BCUT2D eigenvalue weighted by Gasteiger charge is -2.05. The van der Waals surface area contributed by atoms with Crippen molar-refractivity contribution < 1.29 is 4.79 Å². The third kappa shape index (κ3) is 4.25. The molecule has 24 heavy (non-hydrogen) atoms. The molecule has 1 amide bonds. The van der Waals surface area contributed by atoms with Crippen LogP contribution in [0.3, 0.4) is 0 Å². The van der Waals surface area contributed by atoms with Gasteiger partial charge in [0.2, 0.25) is 11.1 Å². The third-order valence-corrected chi connectivity index (χ3v) is 4.49. The number of thioether (sulfide) groups is 1. The highest BCUT2D eigenvalue weighted by Gasteiger charge is 2.13. The quantitative estimate of drug-likeness (QED) is 0.420. The maximum Gasteiger partial charge on any atom is 0.264 e. The lowest BCUT2D eigenvalue weighted by Crippen LogP contribution is -2.17. The van der Waals surface area contributed by atoms with Crippen molar-refractivity contribution in [1.82, 2.24) is 14.9 Å². The van der Waals surface area contributed by atoms with Gasteiger partial charge in [-0.25, -0.2) is 10.1 Å². The number of rotatable bonds is 6. The molecule has 1 saturated carbocycles. The molecule has 0 atom stereocenters. The number of amides is 1. The number of nitrogens with two attached hydrogens (primary N) is 1. The average Bonchev–Trinajstić information content (AvgIpc) is 3.22. The smallest absolute Gasteiger partial charge is 0.264 e. The van der Waals surface area contributed by atoms with E-state index in [1.165, 1.54) is 29.3 Å². The largest absolute Gasteiger partial charge is 0.334 e. The molecule has 4 N–H and O–H groups in total. The van der Waals surface area contributed by atoms with Gasteiger partial charge < -0.3 is 11.2 Å². The second-order valence-electron chi connectivity index (χ2n) is 5.38. The maximum absolute atomic E-state index is 11.9. The number of hydrogen-bond donors (Lipinski definition) is 3. The van der Waals surface area contributed by atoms with Gasteiger partial charge in [-0.05, 0) is 37.8 Å². The summed E-state index contributed by atoms with van der Waals surface area (Å²) in [5.74, 6) is 6.36. The molecule has 1 aliphatic carbocycles. The Labute approximate surface area is 143 Å². The molecule has 126 valence electrons. The first-order chi connectivity index (χ1) is 11.7. The summed E-state index contributed by atoms with van der Waals surface area (Å²) in [6.07, 6.45) is 4.36. The number of carbonyl (C=O) groups excluding carboxylic acids is 1. The monoisotopic (exact) mass is 345 g/mol. The van der Waals surface area contributed by atoms with Crippen molar-refractivity contribution in [3.05, 3.63) is 30.3 Å². The van der Waals surface area contributed by atoms with Gasteiger partial charge in [0.25, 0.3) is 5.95 Å². The van der Waals surface area contributed by atoms with Crippen LogP contribution in [0.4, 0.5) is 11.6 Å². The zero-order valence-corrected chi connectivity index (χ0v) is 13.9. The van der Waals surface area contributed by atoms with Gasteiger partial charge in [0.05, 0.1) is 5.75 Å². The van der Waals surface area contributed by atoms with E-state index in [2.05, 4.69) is 26.0 Å². The number of nitrogens with one attached hydrogen (secondary N) is 2. The van der Waals surface area contributed by atoms with Gasteiger partial charge in [-0.3, -0.25) is 4.79 Å². The lowest BCUT2D eigenvalue weighted by molar-refractivity contribution is -0.113. The zero-order chi connectivity index (χ0) is 16.8. The molecule has 1 heterocycles. The summed E-state index contributed by atoms with van der Waals surface area (Å²) >= 11 is 1.22. The molecule has 1 aromatic heterocycles. The van der Waals surface area contributed by atoms with Crippen LogP contribution < -0.4 is 16.6 Å². The number of nitrogen functional groups attached to an aromatic ring is 1. The van der Waals surface area contributed by atoms with Gasteiger partial charge in [-0.15, -0.1) is 10.2 Å². The van der Waals surface area contributed by atoms with Crippen LogP contribution in [-0.4, -0.2) is 32.2 Å². The topological polar surface area (TPSA) is 110 Å². The number of anilines is 2. The molecule has 1 aromatic carbocycles. The summed E-state index contributed by atoms with van der Waals surface area (Å²) in [5.41, 5.74) is 4.72. The molecule has 0 radical (unpaired) electrons. The van der Waals surface area contributed by atoms with Crippen LogP contribution in [0.25, 0.3) is 0 Å². The fraction of sp³-hybridized carbons (Fsp3) is 0.333. The molecular formula is C15H19N7OS. The first-order valence-electron chi connectivity index (χ1n) is 7.72. The first kappa shape index (κ1) is 16.3. The van der Waals surface area contributed by atoms with E-state index in [1.807, 2.05) is 30.3 Å². The van der Waals surface area contributed by atoms with Crippen molar-refractivity contribution in [1.29, 1.82) is 0 Å². The second-order valence-corrected chi connectivity index (χ2v) is 6.32. The zero-order valence-electron chi connectivity index (χ0n) is 13.1. The predicted octanol–water partition coefficient (Wildman–Crippen LogP) is 2.06. The van der Waals surface area contributed by atoms with Crippen molar-refractivity contribution in [2.75, 3.05) is 22.3 Å². The first-order valence-corrected chi connectivity index (χ1v) is 8.70. The minimum atomic E-state index is -0.130. The van der Waals surface area contributed by atoms with Gasteiger partial charge >= 0.3 is 0 Å². The third-order valence-electron chi connectivity index (χ3n) is 3.55. The Bertz CT molecular complexity index is 721. The van der Waals surface area contributed by atoms with E-state index in [0.29, 0.717) is 11.1 Å². The highest BCUT2D eigenvalue weighted by atomic mass is 32.2. The van der Waals surface area contributed by atoms with Crippen LogP contribution in [0.2, 0.25) is 0 Å². The minimum Gasteiger partial charge on any atom is -0.334 e. The second kappa shape index (κ2) is 7.82.